The van der Waals surface area contributed by atoms with E-state index < -0.39 is 16.1 Å². The number of benzene rings is 2. The Balaban J connectivity index is 2.71. The van der Waals surface area contributed by atoms with E-state index in [0.29, 0.717) is 9.69 Å². The van der Waals surface area contributed by atoms with Crippen LogP contribution in [0.3, 0.4) is 0 Å². The van der Waals surface area contributed by atoms with Gasteiger partial charge in [0.1, 0.15) is 0 Å². The lowest BCUT2D eigenvalue weighted by Gasteiger charge is -2.21. The van der Waals surface area contributed by atoms with Crippen LogP contribution in [-0.2, 0) is 10.0 Å². The largest absolute Gasteiger partial charge is 0.350 e. The van der Waals surface area contributed by atoms with E-state index in [-0.39, 0.29) is 11.4 Å². The van der Waals surface area contributed by atoms with Crippen molar-refractivity contribution in [3.8, 4) is 0 Å². The first-order chi connectivity index (χ1) is 9.47. The van der Waals surface area contributed by atoms with Crippen LogP contribution in [0.15, 0.2) is 55.1 Å². The number of hydrogen-bond acceptors (Lipinski definition) is 3. The summed E-state index contributed by atoms with van der Waals surface area (Å²) in [5, 5.41) is 1.46. The predicted octanol–water partition coefficient (Wildman–Crippen LogP) is 2.24. The van der Waals surface area contributed by atoms with E-state index in [0.717, 1.165) is 5.39 Å². The number of urea groups is 1. The maximum atomic E-state index is 12.2. The van der Waals surface area contributed by atoms with E-state index in [1.807, 2.05) is 18.2 Å². The van der Waals surface area contributed by atoms with Crippen LogP contribution < -0.4 is 10.0 Å². The summed E-state index contributed by atoms with van der Waals surface area (Å²) in [6, 6.07) is 11.2. The first-order valence-corrected chi connectivity index (χ1v) is 7.49. The summed E-state index contributed by atoms with van der Waals surface area (Å²) in [4.78, 5) is 11.6. The minimum Gasteiger partial charge on any atom is -0.350 e. The van der Waals surface area contributed by atoms with Crippen molar-refractivity contribution in [2.24, 2.45) is 5.73 Å². The van der Waals surface area contributed by atoms with Crippen LogP contribution in [-0.4, -0.2) is 20.2 Å². The highest BCUT2D eigenvalue weighted by Gasteiger charge is 2.27. The van der Waals surface area contributed by atoms with E-state index in [1.54, 1.807) is 24.3 Å². The molecule has 0 aliphatic carbocycles. The maximum Gasteiger partial charge on any atom is 0.333 e. The van der Waals surface area contributed by atoms with Gasteiger partial charge in [-0.05, 0) is 11.5 Å². The number of hydrogen-bond donors (Lipinski definition) is 1. The molecule has 0 bridgehead atoms. The summed E-state index contributed by atoms with van der Waals surface area (Å²) in [6.07, 6.45) is 1.22. The van der Waals surface area contributed by atoms with Crippen LogP contribution >= 0.6 is 0 Å². The van der Waals surface area contributed by atoms with E-state index in [9.17, 15) is 13.2 Å². The molecular weight excluding hydrogens is 276 g/mol. The van der Waals surface area contributed by atoms with Gasteiger partial charge in [0.15, 0.2) is 0 Å². The number of carbonyl (C=O) groups is 1. The molecule has 0 aliphatic heterocycles. The van der Waals surface area contributed by atoms with Gasteiger partial charge in [0, 0.05) is 5.39 Å². The Morgan fingerprint density at radius 1 is 1.20 bits per heavy atom. The molecule has 0 heterocycles. The second kappa shape index (κ2) is 5.34. The number of carbonyl (C=O) groups excluding carboxylic acids is 1. The second-order valence-corrected chi connectivity index (χ2v) is 6.03. The molecule has 0 fully saturated rings. The zero-order valence-electron chi connectivity index (χ0n) is 10.7. The summed E-state index contributed by atoms with van der Waals surface area (Å²) in [6.45, 7) is 3.39. The fraction of sp³-hybridized carbons (Fsp3) is 0.0714. The normalized spacial score (nSPS) is 11.2. The first kappa shape index (κ1) is 14.1. The molecule has 2 rings (SSSR count). The molecule has 5 nitrogen and oxygen atoms in total. The number of primary amides is 1. The SMILES string of the molecule is C=CCS(=O)(=O)N(C(N)=O)c1cccc2ccccc12. The summed E-state index contributed by atoms with van der Waals surface area (Å²) in [7, 11) is -3.88. The molecule has 0 spiro atoms. The average Bonchev–Trinajstić information content (AvgIpc) is 2.38. The van der Waals surface area contributed by atoms with Gasteiger partial charge in [-0.3, -0.25) is 0 Å². The number of amides is 2. The summed E-state index contributed by atoms with van der Waals surface area (Å²) in [5.74, 6) is -0.362. The summed E-state index contributed by atoms with van der Waals surface area (Å²) < 4.78 is 25.0. The lowest BCUT2D eigenvalue weighted by atomic mass is 10.1. The third-order valence-electron chi connectivity index (χ3n) is 2.79. The van der Waals surface area contributed by atoms with E-state index in [1.165, 1.54) is 6.08 Å². The minimum absolute atomic E-state index is 0.248. The molecule has 0 saturated heterocycles. The Morgan fingerprint density at radius 3 is 2.50 bits per heavy atom. The molecule has 2 amide bonds. The molecule has 2 N–H and O–H groups in total. The molecule has 0 radical (unpaired) electrons. The van der Waals surface area contributed by atoms with Gasteiger partial charge in [0.2, 0.25) is 10.0 Å². The van der Waals surface area contributed by atoms with Gasteiger partial charge >= 0.3 is 6.03 Å². The van der Waals surface area contributed by atoms with Crippen molar-refractivity contribution >= 4 is 32.5 Å². The first-order valence-electron chi connectivity index (χ1n) is 5.88. The molecule has 2 aromatic rings. The van der Waals surface area contributed by atoms with Gasteiger partial charge in [-0.25, -0.2) is 13.2 Å². The molecule has 2 aromatic carbocycles. The van der Waals surface area contributed by atoms with Gasteiger partial charge < -0.3 is 5.73 Å². The lowest BCUT2D eigenvalue weighted by Crippen LogP contribution is -2.41. The van der Waals surface area contributed by atoms with Gasteiger partial charge in [0.05, 0.1) is 11.4 Å². The lowest BCUT2D eigenvalue weighted by molar-refractivity contribution is 0.257. The molecular formula is C14H14N2O3S. The summed E-state index contributed by atoms with van der Waals surface area (Å²) >= 11 is 0. The van der Waals surface area contributed by atoms with Gasteiger partial charge in [-0.15, -0.1) is 6.58 Å². The van der Waals surface area contributed by atoms with Crippen molar-refractivity contribution in [1.29, 1.82) is 0 Å². The van der Waals surface area contributed by atoms with Crippen LogP contribution in [0.25, 0.3) is 10.8 Å². The fourth-order valence-corrected chi connectivity index (χ4v) is 3.19. The Labute approximate surface area is 117 Å². The molecule has 104 valence electrons. The number of rotatable bonds is 4. The van der Waals surface area contributed by atoms with Crippen LogP contribution in [0.2, 0.25) is 0 Å². The van der Waals surface area contributed by atoms with E-state index in [4.69, 9.17) is 5.73 Å². The van der Waals surface area contributed by atoms with Crippen LogP contribution in [0.1, 0.15) is 0 Å². The zero-order valence-corrected chi connectivity index (χ0v) is 11.5. The minimum atomic E-state index is -3.88. The quantitative estimate of drug-likeness (QED) is 0.877. The van der Waals surface area contributed by atoms with Gasteiger partial charge in [-0.1, -0.05) is 42.5 Å². The number of fused-ring (bicyclic) bond motifs is 1. The molecule has 0 unspecified atom stereocenters. The van der Waals surface area contributed by atoms with Crippen molar-refractivity contribution in [3.63, 3.8) is 0 Å². The Hall–Kier alpha value is -2.34. The van der Waals surface area contributed by atoms with Gasteiger partial charge in [0.25, 0.3) is 0 Å². The zero-order chi connectivity index (χ0) is 14.8. The van der Waals surface area contributed by atoms with Crippen molar-refractivity contribution in [2.75, 3.05) is 10.1 Å². The summed E-state index contributed by atoms with van der Waals surface area (Å²) in [5.41, 5.74) is 5.50. The van der Waals surface area contributed by atoms with E-state index in [2.05, 4.69) is 6.58 Å². The Bertz CT molecular complexity index is 764. The fourth-order valence-electron chi connectivity index (χ4n) is 2.01. The average molecular weight is 290 g/mol. The van der Waals surface area contributed by atoms with Crippen molar-refractivity contribution in [1.82, 2.24) is 0 Å². The highest BCUT2D eigenvalue weighted by atomic mass is 32.2. The number of anilines is 1. The molecule has 6 heteroatoms. The molecule has 0 atom stereocenters. The van der Waals surface area contributed by atoms with Crippen LogP contribution in [0.4, 0.5) is 10.5 Å². The maximum absolute atomic E-state index is 12.2. The highest BCUT2D eigenvalue weighted by molar-refractivity contribution is 7.93. The van der Waals surface area contributed by atoms with Crippen LogP contribution in [0, 0.1) is 0 Å². The predicted molar refractivity (Wildman–Crippen MR) is 80.0 cm³/mol. The smallest absolute Gasteiger partial charge is 0.333 e. The van der Waals surface area contributed by atoms with E-state index >= 15 is 0 Å². The van der Waals surface area contributed by atoms with Crippen molar-refractivity contribution in [2.45, 2.75) is 0 Å². The standard InChI is InChI=1S/C14H14N2O3S/c1-2-10-20(18,19)16(14(15)17)13-9-5-7-11-6-3-4-8-12(11)13/h2-9H,1,10H2,(H2,15,17). The number of nitrogens with two attached hydrogens (primary N) is 1. The monoisotopic (exact) mass is 290 g/mol. The molecule has 20 heavy (non-hydrogen) atoms. The van der Waals surface area contributed by atoms with Crippen LogP contribution in [0.5, 0.6) is 0 Å². The van der Waals surface area contributed by atoms with Crippen molar-refractivity contribution < 1.29 is 13.2 Å². The molecule has 0 aromatic heterocycles. The third kappa shape index (κ3) is 2.50. The van der Waals surface area contributed by atoms with Gasteiger partial charge in [-0.2, -0.15) is 4.31 Å². The number of sulfonamides is 1. The topological polar surface area (TPSA) is 80.5 Å². The van der Waals surface area contributed by atoms with Crippen molar-refractivity contribution in [3.05, 3.63) is 55.1 Å². The molecule has 0 saturated carbocycles. The highest BCUT2D eigenvalue weighted by Crippen LogP contribution is 2.28. The number of nitrogens with zero attached hydrogens (tertiary/aromatic N) is 1. The second-order valence-electron chi connectivity index (χ2n) is 4.17. The Kier molecular flexibility index (Phi) is 3.76. The molecule has 0 aliphatic rings. The third-order valence-corrected chi connectivity index (χ3v) is 4.38. The Morgan fingerprint density at radius 2 is 1.85 bits per heavy atom.